The molecule has 8 nitrogen and oxygen atoms in total. The molecule has 1 unspecified atom stereocenters. The van der Waals surface area contributed by atoms with Crippen LogP contribution in [0.1, 0.15) is 20.8 Å². The van der Waals surface area contributed by atoms with Gasteiger partial charge in [0.25, 0.3) is 0 Å². The van der Waals surface area contributed by atoms with Crippen LogP contribution in [0.15, 0.2) is 0 Å². The van der Waals surface area contributed by atoms with Crippen LogP contribution >= 0.6 is 0 Å². The normalized spacial score (nSPS) is 18.5. The zero-order chi connectivity index (χ0) is 16.0. The number of nitrogens with zero attached hydrogens (tertiary/aromatic N) is 2. The Kier molecular flexibility index (Phi) is 6.41. The molecule has 0 aliphatic carbocycles. The highest BCUT2D eigenvalue weighted by Gasteiger charge is 2.31. The molecule has 0 saturated carbocycles. The van der Waals surface area contributed by atoms with Gasteiger partial charge >= 0.3 is 12.0 Å². The molecule has 120 valence electrons. The monoisotopic (exact) mass is 301 g/mol. The number of carbonyl (C=O) groups is 3. The maximum absolute atomic E-state index is 12.3. The molecule has 8 heteroatoms. The van der Waals surface area contributed by atoms with Crippen LogP contribution in [0.2, 0.25) is 0 Å². The number of nitrogens with one attached hydrogen (secondary N) is 1. The summed E-state index contributed by atoms with van der Waals surface area (Å²) >= 11 is 0. The minimum absolute atomic E-state index is 0.00351. The zero-order valence-corrected chi connectivity index (χ0v) is 12.7. The Morgan fingerprint density at radius 2 is 2.10 bits per heavy atom. The second kappa shape index (κ2) is 7.82. The summed E-state index contributed by atoms with van der Waals surface area (Å²) < 4.78 is 5.08. The molecule has 1 rings (SSSR count). The van der Waals surface area contributed by atoms with Gasteiger partial charge in [-0.15, -0.1) is 0 Å². The molecule has 0 aromatic carbocycles. The standard InChI is InChI=1S/C13H23N3O5/c1-4-15(8-11(17)14-9(2)3)13(20)16-5-6-21-10(7-16)12(18)19/h9-10H,4-8H2,1-3H3,(H,14,17)(H,18,19). The predicted molar refractivity (Wildman–Crippen MR) is 74.9 cm³/mol. The van der Waals surface area contributed by atoms with Crippen molar-refractivity contribution in [3.05, 3.63) is 0 Å². The lowest BCUT2D eigenvalue weighted by molar-refractivity contribution is -0.154. The van der Waals surface area contributed by atoms with Crippen molar-refractivity contribution in [2.24, 2.45) is 0 Å². The largest absolute Gasteiger partial charge is 0.479 e. The predicted octanol–water partition coefficient (Wildman–Crippen LogP) is -0.262. The summed E-state index contributed by atoms with van der Waals surface area (Å²) in [6.45, 7) is 6.29. The molecule has 0 radical (unpaired) electrons. The summed E-state index contributed by atoms with van der Waals surface area (Å²) in [6, 6.07) is -0.336. The number of urea groups is 1. The molecule has 1 atom stereocenters. The number of aliphatic carboxylic acids is 1. The molecule has 2 N–H and O–H groups in total. The van der Waals surface area contributed by atoms with Gasteiger partial charge in [0.15, 0.2) is 6.10 Å². The fourth-order valence-electron chi connectivity index (χ4n) is 2.03. The summed E-state index contributed by atoms with van der Waals surface area (Å²) in [7, 11) is 0. The summed E-state index contributed by atoms with van der Waals surface area (Å²) in [5.41, 5.74) is 0. The van der Waals surface area contributed by atoms with Crippen molar-refractivity contribution in [2.75, 3.05) is 32.8 Å². The van der Waals surface area contributed by atoms with Gasteiger partial charge in [-0.2, -0.15) is 0 Å². The topological polar surface area (TPSA) is 99.2 Å². The summed E-state index contributed by atoms with van der Waals surface area (Å²) in [4.78, 5) is 37.8. The molecule has 1 aliphatic rings. The van der Waals surface area contributed by atoms with E-state index >= 15 is 0 Å². The smallest absolute Gasteiger partial charge is 0.334 e. The van der Waals surface area contributed by atoms with Gasteiger partial charge in [0.2, 0.25) is 5.91 Å². The Labute approximate surface area is 124 Å². The van der Waals surface area contributed by atoms with Crippen LogP contribution in [0.5, 0.6) is 0 Å². The van der Waals surface area contributed by atoms with Crippen LogP contribution in [-0.4, -0.2) is 77.7 Å². The van der Waals surface area contributed by atoms with E-state index in [9.17, 15) is 14.4 Å². The van der Waals surface area contributed by atoms with Gasteiger partial charge in [-0.3, -0.25) is 4.79 Å². The Morgan fingerprint density at radius 1 is 1.43 bits per heavy atom. The van der Waals surface area contributed by atoms with E-state index in [0.717, 1.165) is 0 Å². The molecule has 1 saturated heterocycles. The van der Waals surface area contributed by atoms with Crippen LogP contribution in [0, 0.1) is 0 Å². The van der Waals surface area contributed by atoms with E-state index in [1.54, 1.807) is 6.92 Å². The van der Waals surface area contributed by atoms with Crippen LogP contribution in [-0.2, 0) is 14.3 Å². The van der Waals surface area contributed by atoms with Crippen LogP contribution < -0.4 is 5.32 Å². The van der Waals surface area contributed by atoms with Gasteiger partial charge in [-0.1, -0.05) is 0 Å². The molecule has 21 heavy (non-hydrogen) atoms. The average Bonchev–Trinajstić information content (AvgIpc) is 2.43. The third-order valence-corrected chi connectivity index (χ3v) is 3.05. The number of carboxylic acids is 1. The summed E-state index contributed by atoms with van der Waals surface area (Å²) in [5, 5.41) is 11.7. The van der Waals surface area contributed by atoms with Crippen molar-refractivity contribution in [3.8, 4) is 0 Å². The Bertz CT molecular complexity index is 399. The number of carbonyl (C=O) groups excluding carboxylic acids is 2. The zero-order valence-electron chi connectivity index (χ0n) is 12.7. The van der Waals surface area contributed by atoms with E-state index in [4.69, 9.17) is 9.84 Å². The highest BCUT2D eigenvalue weighted by atomic mass is 16.5. The Hall–Kier alpha value is -1.83. The number of hydrogen-bond acceptors (Lipinski definition) is 4. The Balaban J connectivity index is 2.61. The van der Waals surface area contributed by atoms with Crippen LogP contribution in [0.25, 0.3) is 0 Å². The minimum Gasteiger partial charge on any atom is -0.479 e. The van der Waals surface area contributed by atoms with Gasteiger partial charge < -0.3 is 25.0 Å². The molecule has 0 aromatic rings. The molecule has 1 aliphatic heterocycles. The van der Waals surface area contributed by atoms with Crippen molar-refractivity contribution in [3.63, 3.8) is 0 Å². The first-order valence-electron chi connectivity index (χ1n) is 7.02. The minimum atomic E-state index is -1.09. The number of likely N-dealkylation sites (N-methyl/N-ethyl adjacent to an activating group) is 1. The molecular formula is C13H23N3O5. The maximum Gasteiger partial charge on any atom is 0.334 e. The molecule has 0 spiro atoms. The third-order valence-electron chi connectivity index (χ3n) is 3.05. The average molecular weight is 301 g/mol. The first kappa shape index (κ1) is 17.2. The van der Waals surface area contributed by atoms with Gasteiger partial charge in [-0.05, 0) is 20.8 Å². The quantitative estimate of drug-likeness (QED) is 0.729. The van der Waals surface area contributed by atoms with E-state index in [1.165, 1.54) is 9.80 Å². The van der Waals surface area contributed by atoms with E-state index < -0.39 is 12.1 Å². The number of hydrogen-bond donors (Lipinski definition) is 2. The highest BCUT2D eigenvalue weighted by Crippen LogP contribution is 2.08. The van der Waals surface area contributed by atoms with Gasteiger partial charge in [0, 0.05) is 19.1 Å². The van der Waals surface area contributed by atoms with E-state index in [-0.39, 0.29) is 37.7 Å². The number of morpholine rings is 1. The Morgan fingerprint density at radius 3 is 2.62 bits per heavy atom. The van der Waals surface area contributed by atoms with Crippen molar-refractivity contribution in [1.82, 2.24) is 15.1 Å². The first-order valence-corrected chi connectivity index (χ1v) is 7.02. The van der Waals surface area contributed by atoms with E-state index in [0.29, 0.717) is 13.1 Å². The van der Waals surface area contributed by atoms with Gasteiger partial charge in [0.1, 0.15) is 6.54 Å². The lowest BCUT2D eigenvalue weighted by Gasteiger charge is -2.34. The molecule has 3 amide bonds. The van der Waals surface area contributed by atoms with Crippen LogP contribution in [0.3, 0.4) is 0 Å². The van der Waals surface area contributed by atoms with Crippen molar-refractivity contribution < 1.29 is 24.2 Å². The lowest BCUT2D eigenvalue weighted by Crippen LogP contribution is -2.54. The molecule has 0 bridgehead atoms. The molecule has 1 fully saturated rings. The lowest BCUT2D eigenvalue weighted by atomic mass is 10.3. The number of ether oxygens (including phenoxy) is 1. The number of carboxylic acid groups (broad SMARTS) is 1. The van der Waals surface area contributed by atoms with Gasteiger partial charge in [0.05, 0.1) is 13.2 Å². The SMILES string of the molecule is CCN(CC(=O)NC(C)C)C(=O)N1CCOC(C(=O)O)C1. The van der Waals surface area contributed by atoms with Crippen molar-refractivity contribution in [2.45, 2.75) is 32.9 Å². The fourth-order valence-corrected chi connectivity index (χ4v) is 2.03. The van der Waals surface area contributed by atoms with E-state index in [1.807, 2.05) is 13.8 Å². The first-order chi connectivity index (χ1) is 9.85. The number of amides is 3. The maximum atomic E-state index is 12.3. The fraction of sp³-hybridized carbons (Fsp3) is 0.769. The van der Waals surface area contributed by atoms with Gasteiger partial charge in [-0.25, -0.2) is 9.59 Å². The molecular weight excluding hydrogens is 278 g/mol. The molecule has 1 heterocycles. The number of rotatable bonds is 5. The highest BCUT2D eigenvalue weighted by molar-refractivity contribution is 5.84. The second-order valence-corrected chi connectivity index (χ2v) is 5.16. The third kappa shape index (κ3) is 5.22. The van der Waals surface area contributed by atoms with Crippen molar-refractivity contribution >= 4 is 17.9 Å². The molecule has 0 aromatic heterocycles. The summed E-state index contributed by atoms with van der Waals surface area (Å²) in [5.74, 6) is -1.32. The van der Waals surface area contributed by atoms with E-state index in [2.05, 4.69) is 5.32 Å². The van der Waals surface area contributed by atoms with Crippen LogP contribution in [0.4, 0.5) is 4.79 Å². The second-order valence-electron chi connectivity index (χ2n) is 5.16. The van der Waals surface area contributed by atoms with Crippen molar-refractivity contribution in [1.29, 1.82) is 0 Å². The summed E-state index contributed by atoms with van der Waals surface area (Å²) in [6.07, 6.45) is -1.01.